The molecule has 0 aliphatic carbocycles. The number of rotatable bonds is 4. The van der Waals surface area contributed by atoms with E-state index >= 15 is 0 Å². The van der Waals surface area contributed by atoms with E-state index in [4.69, 9.17) is 0 Å². The molecule has 1 heterocycles. The SMILES string of the molecule is CC(=O)c1ccc(NC(=O)N2CCN(c3c(C)cccc3C(C)C)CC2)cc1. The lowest BCUT2D eigenvalue weighted by molar-refractivity contribution is 0.101. The van der Waals surface area contributed by atoms with E-state index < -0.39 is 0 Å². The lowest BCUT2D eigenvalue weighted by Crippen LogP contribution is -2.50. The second kappa shape index (κ2) is 8.46. The largest absolute Gasteiger partial charge is 0.368 e. The third-order valence-electron chi connectivity index (χ3n) is 5.32. The van der Waals surface area contributed by atoms with Gasteiger partial charge >= 0.3 is 6.03 Å². The number of Topliss-reactive ketones (excluding diaryl/α,β-unsaturated/α-hetero) is 1. The van der Waals surface area contributed by atoms with Gasteiger partial charge in [-0.2, -0.15) is 0 Å². The third kappa shape index (κ3) is 4.35. The van der Waals surface area contributed by atoms with E-state index in [9.17, 15) is 9.59 Å². The Morgan fingerprint density at radius 2 is 1.61 bits per heavy atom. The first-order valence-electron chi connectivity index (χ1n) is 9.88. The lowest BCUT2D eigenvalue weighted by Gasteiger charge is -2.38. The van der Waals surface area contributed by atoms with Crippen molar-refractivity contribution in [2.75, 3.05) is 36.4 Å². The molecule has 1 aliphatic heterocycles. The van der Waals surface area contributed by atoms with Gasteiger partial charge < -0.3 is 15.1 Å². The summed E-state index contributed by atoms with van der Waals surface area (Å²) in [5, 5.41) is 2.93. The van der Waals surface area contributed by atoms with Gasteiger partial charge in [-0.05, 0) is 55.2 Å². The number of anilines is 2. The molecule has 148 valence electrons. The molecule has 2 amide bonds. The van der Waals surface area contributed by atoms with Crippen LogP contribution in [0.5, 0.6) is 0 Å². The highest BCUT2D eigenvalue weighted by Crippen LogP contribution is 2.31. The zero-order valence-electron chi connectivity index (χ0n) is 17.2. The van der Waals surface area contributed by atoms with Gasteiger partial charge in [-0.15, -0.1) is 0 Å². The Balaban J connectivity index is 1.62. The summed E-state index contributed by atoms with van der Waals surface area (Å²) in [6, 6.07) is 13.4. The van der Waals surface area contributed by atoms with Gasteiger partial charge in [0.1, 0.15) is 0 Å². The highest BCUT2D eigenvalue weighted by molar-refractivity contribution is 5.95. The first kappa shape index (κ1) is 19.9. The van der Waals surface area contributed by atoms with Crippen LogP contribution in [0.2, 0.25) is 0 Å². The van der Waals surface area contributed by atoms with Gasteiger partial charge in [-0.3, -0.25) is 4.79 Å². The molecule has 1 saturated heterocycles. The normalized spacial score (nSPS) is 14.3. The van der Waals surface area contributed by atoms with E-state index in [1.165, 1.54) is 23.7 Å². The summed E-state index contributed by atoms with van der Waals surface area (Å²) >= 11 is 0. The summed E-state index contributed by atoms with van der Waals surface area (Å²) in [6.07, 6.45) is 0. The van der Waals surface area contributed by atoms with Gasteiger partial charge in [-0.25, -0.2) is 4.79 Å². The van der Waals surface area contributed by atoms with Crippen molar-refractivity contribution in [2.24, 2.45) is 0 Å². The molecule has 2 aromatic carbocycles. The van der Waals surface area contributed by atoms with Crippen LogP contribution in [0.4, 0.5) is 16.2 Å². The quantitative estimate of drug-likeness (QED) is 0.785. The van der Waals surface area contributed by atoms with Crippen LogP contribution in [0.15, 0.2) is 42.5 Å². The molecule has 1 N–H and O–H groups in total. The Hall–Kier alpha value is -2.82. The van der Waals surface area contributed by atoms with Crippen molar-refractivity contribution in [2.45, 2.75) is 33.6 Å². The van der Waals surface area contributed by atoms with E-state index in [0.717, 1.165) is 13.1 Å². The van der Waals surface area contributed by atoms with E-state index in [0.29, 0.717) is 30.3 Å². The minimum Gasteiger partial charge on any atom is -0.368 e. The van der Waals surface area contributed by atoms with Gasteiger partial charge in [0, 0.05) is 43.1 Å². The molecule has 0 radical (unpaired) electrons. The maximum absolute atomic E-state index is 12.6. The molecule has 0 bridgehead atoms. The zero-order valence-corrected chi connectivity index (χ0v) is 17.2. The fourth-order valence-corrected chi connectivity index (χ4v) is 3.70. The molecule has 0 saturated carbocycles. The minimum atomic E-state index is -0.0934. The molecule has 0 spiro atoms. The number of nitrogens with zero attached hydrogens (tertiary/aromatic N) is 2. The predicted octanol–water partition coefficient (Wildman–Crippen LogP) is 4.68. The van der Waals surface area contributed by atoms with Crippen LogP contribution >= 0.6 is 0 Å². The highest BCUT2D eigenvalue weighted by Gasteiger charge is 2.24. The van der Waals surface area contributed by atoms with Gasteiger partial charge in [0.2, 0.25) is 0 Å². The number of hydrogen-bond donors (Lipinski definition) is 1. The third-order valence-corrected chi connectivity index (χ3v) is 5.32. The summed E-state index contributed by atoms with van der Waals surface area (Å²) in [7, 11) is 0. The smallest absolute Gasteiger partial charge is 0.321 e. The molecule has 0 aromatic heterocycles. The van der Waals surface area contributed by atoms with Crippen molar-refractivity contribution in [3.8, 4) is 0 Å². The number of aryl methyl sites for hydroxylation is 1. The van der Waals surface area contributed by atoms with Crippen LogP contribution in [0, 0.1) is 6.92 Å². The van der Waals surface area contributed by atoms with Crippen LogP contribution in [0.25, 0.3) is 0 Å². The molecule has 5 nitrogen and oxygen atoms in total. The van der Waals surface area contributed by atoms with E-state index in [1.54, 1.807) is 24.3 Å². The van der Waals surface area contributed by atoms with E-state index in [1.807, 2.05) is 4.90 Å². The number of benzene rings is 2. The number of carbonyl (C=O) groups excluding carboxylic acids is 2. The molecular formula is C23H29N3O2. The Morgan fingerprint density at radius 3 is 2.18 bits per heavy atom. The van der Waals surface area contributed by atoms with Gasteiger partial charge in [-0.1, -0.05) is 32.0 Å². The number of carbonyl (C=O) groups is 2. The number of hydrogen-bond acceptors (Lipinski definition) is 3. The van der Waals surface area contributed by atoms with Crippen molar-refractivity contribution < 1.29 is 9.59 Å². The predicted molar refractivity (Wildman–Crippen MR) is 115 cm³/mol. The van der Waals surface area contributed by atoms with Crippen molar-refractivity contribution in [3.05, 3.63) is 59.2 Å². The topological polar surface area (TPSA) is 52.7 Å². The summed E-state index contributed by atoms with van der Waals surface area (Å²) in [5.41, 5.74) is 5.32. The maximum atomic E-state index is 12.6. The maximum Gasteiger partial charge on any atom is 0.321 e. The second-order valence-electron chi connectivity index (χ2n) is 7.71. The molecule has 28 heavy (non-hydrogen) atoms. The number of ketones is 1. The van der Waals surface area contributed by atoms with Crippen molar-refractivity contribution in [1.82, 2.24) is 4.90 Å². The average molecular weight is 380 g/mol. The first-order chi connectivity index (χ1) is 13.4. The fourth-order valence-electron chi connectivity index (χ4n) is 3.70. The number of para-hydroxylation sites is 1. The summed E-state index contributed by atoms with van der Waals surface area (Å²) in [5.74, 6) is 0.486. The molecule has 0 unspecified atom stereocenters. The van der Waals surface area contributed by atoms with Crippen molar-refractivity contribution >= 4 is 23.2 Å². The Morgan fingerprint density at radius 1 is 0.964 bits per heavy atom. The average Bonchev–Trinajstić information content (AvgIpc) is 2.68. The van der Waals surface area contributed by atoms with Gasteiger partial charge in [0.15, 0.2) is 5.78 Å². The second-order valence-corrected chi connectivity index (χ2v) is 7.71. The molecule has 5 heteroatoms. The molecule has 2 aromatic rings. The Labute approximate surface area is 167 Å². The summed E-state index contributed by atoms with van der Waals surface area (Å²) in [4.78, 5) is 28.2. The van der Waals surface area contributed by atoms with E-state index in [2.05, 4.69) is 49.2 Å². The highest BCUT2D eigenvalue weighted by atomic mass is 16.2. The number of nitrogens with one attached hydrogen (secondary N) is 1. The Bertz CT molecular complexity index is 851. The van der Waals surface area contributed by atoms with Crippen LogP contribution in [0.3, 0.4) is 0 Å². The van der Waals surface area contributed by atoms with Crippen molar-refractivity contribution in [1.29, 1.82) is 0 Å². The first-order valence-corrected chi connectivity index (χ1v) is 9.88. The van der Waals surface area contributed by atoms with E-state index in [-0.39, 0.29) is 11.8 Å². The zero-order chi connectivity index (χ0) is 20.3. The summed E-state index contributed by atoms with van der Waals surface area (Å²) < 4.78 is 0. The molecule has 3 rings (SSSR count). The van der Waals surface area contributed by atoms with Crippen LogP contribution in [-0.2, 0) is 0 Å². The molecule has 0 atom stereocenters. The fraction of sp³-hybridized carbons (Fsp3) is 0.391. The standard InChI is InChI=1S/C23H29N3O2/c1-16(2)21-7-5-6-17(3)22(21)25-12-14-26(15-13-25)23(28)24-20-10-8-19(9-11-20)18(4)27/h5-11,16H,12-15H2,1-4H3,(H,24,28). The molecule has 1 aliphatic rings. The number of amides is 2. The monoisotopic (exact) mass is 379 g/mol. The van der Waals surface area contributed by atoms with Gasteiger partial charge in [0.05, 0.1) is 0 Å². The van der Waals surface area contributed by atoms with Crippen LogP contribution < -0.4 is 10.2 Å². The minimum absolute atomic E-state index is 0.0194. The van der Waals surface area contributed by atoms with Crippen LogP contribution in [0.1, 0.15) is 48.2 Å². The number of piperazine rings is 1. The van der Waals surface area contributed by atoms with Gasteiger partial charge in [0.25, 0.3) is 0 Å². The van der Waals surface area contributed by atoms with Crippen LogP contribution in [-0.4, -0.2) is 42.9 Å². The Kier molecular flexibility index (Phi) is 6.02. The molecule has 1 fully saturated rings. The van der Waals surface area contributed by atoms with Crippen molar-refractivity contribution in [3.63, 3.8) is 0 Å². The molecular weight excluding hydrogens is 350 g/mol. The summed E-state index contributed by atoms with van der Waals surface area (Å²) in [6.45, 7) is 11.1. The lowest BCUT2D eigenvalue weighted by atomic mass is 9.97. The number of urea groups is 1.